The fourth-order valence-electron chi connectivity index (χ4n) is 1.37. The van der Waals surface area contributed by atoms with Gasteiger partial charge in [-0.05, 0) is 46.6 Å². The highest BCUT2D eigenvalue weighted by atomic mass is 79.9. The quantitative estimate of drug-likeness (QED) is 0.917. The Hall–Kier alpha value is -1.62. The molecule has 1 N–H and O–H groups in total. The monoisotopic (exact) mass is 297 g/mol. The number of amides is 1. The number of nitrogens with one attached hydrogen (secondary N) is 1. The number of hydrogen-bond acceptors (Lipinski definition) is 2. The molecule has 5 heteroatoms. The molecule has 2 aromatic rings. The van der Waals surface area contributed by atoms with Crippen LogP contribution >= 0.6 is 15.9 Å². The van der Waals surface area contributed by atoms with Gasteiger partial charge in [0.1, 0.15) is 5.82 Å². The number of hydrogen-bond donors (Lipinski definition) is 1. The number of rotatable bonds is 2. The van der Waals surface area contributed by atoms with Crippen LogP contribution in [0.25, 0.3) is 0 Å². The molecule has 0 aliphatic carbocycles. The second-order valence-corrected chi connectivity index (χ2v) is 4.27. The Morgan fingerprint density at radius 1 is 1.41 bits per heavy atom. The van der Waals surface area contributed by atoms with Crippen molar-refractivity contribution in [3.63, 3.8) is 0 Å². The van der Waals surface area contributed by atoms with Crippen molar-refractivity contribution in [2.45, 2.75) is 6.92 Å². The summed E-state index contributed by atoms with van der Waals surface area (Å²) in [6.45, 7) is 1.78. The van der Waals surface area contributed by atoms with Crippen molar-refractivity contribution < 1.29 is 13.6 Å². The van der Waals surface area contributed by atoms with Gasteiger partial charge in [-0.3, -0.25) is 4.79 Å². The van der Waals surface area contributed by atoms with E-state index in [0.717, 1.165) is 5.56 Å². The van der Waals surface area contributed by atoms with Gasteiger partial charge in [-0.2, -0.15) is 0 Å². The normalized spacial score (nSPS) is 10.3. The largest absolute Gasteiger partial charge is 0.457 e. The molecule has 17 heavy (non-hydrogen) atoms. The molecule has 3 nitrogen and oxygen atoms in total. The molecular weight excluding hydrogens is 289 g/mol. The van der Waals surface area contributed by atoms with E-state index in [1.165, 1.54) is 24.5 Å². The maximum absolute atomic E-state index is 13.5. The maximum atomic E-state index is 13.5. The number of carbonyl (C=O) groups excluding carboxylic acids is 1. The number of benzene rings is 1. The lowest BCUT2D eigenvalue weighted by molar-refractivity contribution is 0.102. The summed E-state index contributed by atoms with van der Waals surface area (Å²) in [5, 5.41) is 2.48. The summed E-state index contributed by atoms with van der Waals surface area (Å²) in [5.41, 5.74) is 1.27. The van der Waals surface area contributed by atoms with Crippen molar-refractivity contribution in [1.82, 2.24) is 0 Å². The van der Waals surface area contributed by atoms with E-state index in [-0.39, 0.29) is 5.69 Å². The summed E-state index contributed by atoms with van der Waals surface area (Å²) < 4.78 is 18.8. The minimum Gasteiger partial charge on any atom is -0.457 e. The lowest BCUT2D eigenvalue weighted by Crippen LogP contribution is -2.12. The van der Waals surface area contributed by atoms with E-state index in [1.54, 1.807) is 13.0 Å². The zero-order valence-electron chi connectivity index (χ0n) is 8.96. The predicted molar refractivity (Wildman–Crippen MR) is 65.5 cm³/mol. The van der Waals surface area contributed by atoms with Crippen molar-refractivity contribution in [3.8, 4) is 0 Å². The number of halogens is 2. The summed E-state index contributed by atoms with van der Waals surface area (Å²) >= 11 is 3.09. The van der Waals surface area contributed by atoms with Gasteiger partial charge >= 0.3 is 0 Å². The third kappa shape index (κ3) is 2.55. The lowest BCUT2D eigenvalue weighted by atomic mass is 10.2. The number of furan rings is 1. The SMILES string of the molecule is Cc1ccc(NC(=O)c2ccoc2Br)c(F)c1. The molecule has 0 unspecified atom stereocenters. The molecule has 0 radical (unpaired) electrons. The Bertz CT molecular complexity index is 565. The zero-order valence-corrected chi connectivity index (χ0v) is 10.5. The summed E-state index contributed by atoms with van der Waals surface area (Å²) in [4.78, 5) is 11.8. The Morgan fingerprint density at radius 3 is 2.76 bits per heavy atom. The number of carbonyl (C=O) groups is 1. The second-order valence-electron chi connectivity index (χ2n) is 3.55. The van der Waals surface area contributed by atoms with Gasteiger partial charge in [-0.15, -0.1) is 0 Å². The van der Waals surface area contributed by atoms with Gasteiger partial charge in [0.2, 0.25) is 0 Å². The molecule has 1 aromatic heterocycles. The highest BCUT2D eigenvalue weighted by molar-refractivity contribution is 9.10. The molecule has 1 heterocycles. The molecule has 0 fully saturated rings. The first kappa shape index (κ1) is 11.9. The van der Waals surface area contributed by atoms with E-state index in [9.17, 15) is 9.18 Å². The maximum Gasteiger partial charge on any atom is 0.260 e. The topological polar surface area (TPSA) is 42.2 Å². The first-order valence-electron chi connectivity index (χ1n) is 4.88. The van der Waals surface area contributed by atoms with Crippen molar-refractivity contribution in [2.24, 2.45) is 0 Å². The van der Waals surface area contributed by atoms with E-state index < -0.39 is 11.7 Å². The molecule has 0 atom stereocenters. The summed E-state index contributed by atoms with van der Waals surface area (Å²) in [5.74, 6) is -0.883. The smallest absolute Gasteiger partial charge is 0.260 e. The van der Waals surface area contributed by atoms with Crippen LogP contribution in [0.5, 0.6) is 0 Å². The highest BCUT2D eigenvalue weighted by Gasteiger charge is 2.14. The molecule has 2 rings (SSSR count). The van der Waals surface area contributed by atoms with Crippen LogP contribution in [-0.2, 0) is 0 Å². The van der Waals surface area contributed by atoms with Crippen molar-refractivity contribution in [3.05, 3.63) is 52.1 Å². The number of aryl methyl sites for hydroxylation is 1. The van der Waals surface area contributed by atoms with Crippen LogP contribution in [0, 0.1) is 12.7 Å². The summed E-state index contributed by atoms with van der Waals surface area (Å²) in [7, 11) is 0. The van der Waals surface area contributed by atoms with Crippen LogP contribution in [0.3, 0.4) is 0 Å². The Morgan fingerprint density at radius 2 is 2.18 bits per heavy atom. The summed E-state index contributed by atoms with van der Waals surface area (Å²) in [6.07, 6.45) is 1.38. The van der Waals surface area contributed by atoms with E-state index in [4.69, 9.17) is 4.42 Å². The van der Waals surface area contributed by atoms with Crippen LogP contribution < -0.4 is 5.32 Å². The molecular formula is C12H9BrFNO2. The van der Waals surface area contributed by atoms with Gasteiger partial charge in [0.05, 0.1) is 17.5 Å². The van der Waals surface area contributed by atoms with Crippen LogP contribution in [0.15, 0.2) is 39.6 Å². The molecule has 0 bridgehead atoms. The van der Waals surface area contributed by atoms with Gasteiger partial charge in [0.15, 0.2) is 4.67 Å². The molecule has 0 aliphatic rings. The molecule has 1 amide bonds. The van der Waals surface area contributed by atoms with Gasteiger partial charge in [-0.1, -0.05) is 6.07 Å². The second kappa shape index (κ2) is 4.71. The van der Waals surface area contributed by atoms with E-state index in [2.05, 4.69) is 21.2 Å². The Labute approximate surface area is 106 Å². The lowest BCUT2D eigenvalue weighted by Gasteiger charge is -2.05. The van der Waals surface area contributed by atoms with E-state index >= 15 is 0 Å². The molecule has 1 aromatic carbocycles. The molecule has 0 aliphatic heterocycles. The van der Waals surface area contributed by atoms with E-state index in [1.807, 2.05) is 0 Å². The third-order valence-corrected chi connectivity index (χ3v) is 2.85. The van der Waals surface area contributed by atoms with Crippen LogP contribution in [0.1, 0.15) is 15.9 Å². The minimum atomic E-state index is -0.460. The van der Waals surface area contributed by atoms with Gasteiger partial charge < -0.3 is 9.73 Å². The van der Waals surface area contributed by atoms with Crippen LogP contribution in [0.4, 0.5) is 10.1 Å². The Balaban J connectivity index is 2.22. The average Bonchev–Trinajstić information content (AvgIpc) is 2.68. The molecule has 88 valence electrons. The zero-order chi connectivity index (χ0) is 12.4. The first-order chi connectivity index (χ1) is 8.08. The average molecular weight is 298 g/mol. The van der Waals surface area contributed by atoms with Crippen LogP contribution in [-0.4, -0.2) is 5.91 Å². The molecule has 0 spiro atoms. The highest BCUT2D eigenvalue weighted by Crippen LogP contribution is 2.21. The predicted octanol–water partition coefficient (Wildman–Crippen LogP) is 3.74. The Kier molecular flexibility index (Phi) is 3.28. The first-order valence-corrected chi connectivity index (χ1v) is 5.67. The van der Waals surface area contributed by atoms with Crippen molar-refractivity contribution >= 4 is 27.5 Å². The van der Waals surface area contributed by atoms with Crippen molar-refractivity contribution in [1.29, 1.82) is 0 Å². The minimum absolute atomic E-state index is 0.147. The van der Waals surface area contributed by atoms with Gasteiger partial charge in [0, 0.05) is 0 Å². The van der Waals surface area contributed by atoms with Crippen LogP contribution in [0.2, 0.25) is 0 Å². The fraction of sp³-hybridized carbons (Fsp3) is 0.0833. The molecule has 0 saturated heterocycles. The van der Waals surface area contributed by atoms with Crippen molar-refractivity contribution in [2.75, 3.05) is 5.32 Å². The standard InChI is InChI=1S/C12H9BrFNO2/c1-7-2-3-10(9(14)6-7)15-12(16)8-4-5-17-11(8)13/h2-6H,1H3,(H,15,16). The number of anilines is 1. The van der Waals surface area contributed by atoms with Gasteiger partial charge in [-0.25, -0.2) is 4.39 Å². The summed E-state index contributed by atoms with van der Waals surface area (Å²) in [6, 6.07) is 6.12. The fourth-order valence-corrected chi connectivity index (χ4v) is 1.79. The molecule has 0 saturated carbocycles. The third-order valence-electron chi connectivity index (χ3n) is 2.24. The van der Waals surface area contributed by atoms with Gasteiger partial charge in [0.25, 0.3) is 5.91 Å². The van der Waals surface area contributed by atoms with E-state index in [0.29, 0.717) is 10.2 Å².